The third-order valence-electron chi connectivity index (χ3n) is 4.13. The SMILES string of the molecule is CCN(Cc1ccc2c(c1)OCCO2)C(=O)C1CCC1. The van der Waals surface area contributed by atoms with Crippen molar-refractivity contribution < 1.29 is 14.3 Å². The van der Waals surface area contributed by atoms with Gasteiger partial charge in [-0.15, -0.1) is 0 Å². The minimum Gasteiger partial charge on any atom is -0.486 e. The zero-order valence-electron chi connectivity index (χ0n) is 11.9. The van der Waals surface area contributed by atoms with E-state index in [0.717, 1.165) is 36.4 Å². The minimum atomic E-state index is 0.257. The van der Waals surface area contributed by atoms with Crippen LogP contribution in [0.2, 0.25) is 0 Å². The molecule has 1 aliphatic carbocycles. The number of nitrogens with zero attached hydrogens (tertiary/aromatic N) is 1. The maximum absolute atomic E-state index is 12.3. The predicted octanol–water partition coefficient (Wildman–Crippen LogP) is 2.61. The lowest BCUT2D eigenvalue weighted by atomic mass is 9.84. The van der Waals surface area contributed by atoms with Crippen molar-refractivity contribution in [1.29, 1.82) is 0 Å². The molecule has 1 saturated carbocycles. The van der Waals surface area contributed by atoms with E-state index >= 15 is 0 Å². The normalized spacial score (nSPS) is 17.4. The maximum atomic E-state index is 12.3. The van der Waals surface area contributed by atoms with Crippen molar-refractivity contribution in [1.82, 2.24) is 4.90 Å². The Kier molecular flexibility index (Phi) is 3.81. The molecule has 1 aromatic carbocycles. The van der Waals surface area contributed by atoms with E-state index in [-0.39, 0.29) is 5.92 Å². The molecule has 108 valence electrons. The Bertz CT molecular complexity index is 496. The topological polar surface area (TPSA) is 38.8 Å². The van der Waals surface area contributed by atoms with Crippen LogP contribution in [0.1, 0.15) is 31.7 Å². The van der Waals surface area contributed by atoms with E-state index in [0.29, 0.717) is 25.7 Å². The number of hydrogen-bond donors (Lipinski definition) is 0. The summed E-state index contributed by atoms with van der Waals surface area (Å²) in [6.45, 7) is 4.64. The fraction of sp³-hybridized carbons (Fsp3) is 0.562. The maximum Gasteiger partial charge on any atom is 0.225 e. The number of benzene rings is 1. The monoisotopic (exact) mass is 275 g/mol. The summed E-state index contributed by atoms with van der Waals surface area (Å²) in [5.41, 5.74) is 1.10. The van der Waals surface area contributed by atoms with Gasteiger partial charge in [0.1, 0.15) is 13.2 Å². The molecule has 1 heterocycles. The molecule has 0 N–H and O–H groups in total. The lowest BCUT2D eigenvalue weighted by Gasteiger charge is -2.31. The van der Waals surface area contributed by atoms with E-state index in [2.05, 4.69) is 0 Å². The average Bonchev–Trinajstić information content (AvgIpc) is 2.42. The first-order valence-electron chi connectivity index (χ1n) is 7.45. The Balaban J connectivity index is 1.70. The van der Waals surface area contributed by atoms with Crippen LogP contribution in [0.5, 0.6) is 11.5 Å². The lowest BCUT2D eigenvalue weighted by molar-refractivity contribution is -0.138. The lowest BCUT2D eigenvalue weighted by Crippen LogP contribution is -2.38. The van der Waals surface area contributed by atoms with Crippen LogP contribution >= 0.6 is 0 Å². The fourth-order valence-electron chi connectivity index (χ4n) is 2.67. The van der Waals surface area contributed by atoms with Crippen molar-refractivity contribution in [2.75, 3.05) is 19.8 Å². The van der Waals surface area contributed by atoms with E-state index < -0.39 is 0 Å². The summed E-state index contributed by atoms with van der Waals surface area (Å²) < 4.78 is 11.1. The van der Waals surface area contributed by atoms with Crippen molar-refractivity contribution in [2.45, 2.75) is 32.7 Å². The molecule has 20 heavy (non-hydrogen) atoms. The van der Waals surface area contributed by atoms with Gasteiger partial charge < -0.3 is 14.4 Å². The first-order chi connectivity index (χ1) is 9.78. The summed E-state index contributed by atoms with van der Waals surface area (Å²) in [5, 5.41) is 0. The molecule has 0 aromatic heterocycles. The van der Waals surface area contributed by atoms with Crippen molar-refractivity contribution in [2.24, 2.45) is 5.92 Å². The van der Waals surface area contributed by atoms with E-state index in [4.69, 9.17) is 9.47 Å². The van der Waals surface area contributed by atoms with Gasteiger partial charge in [0.05, 0.1) is 0 Å². The predicted molar refractivity (Wildman–Crippen MR) is 75.9 cm³/mol. The summed E-state index contributed by atoms with van der Waals surface area (Å²) in [6, 6.07) is 5.95. The van der Waals surface area contributed by atoms with Gasteiger partial charge in [-0.25, -0.2) is 0 Å². The molecule has 0 saturated heterocycles. The van der Waals surface area contributed by atoms with Gasteiger partial charge in [-0.1, -0.05) is 12.5 Å². The Hall–Kier alpha value is -1.71. The smallest absolute Gasteiger partial charge is 0.225 e. The van der Waals surface area contributed by atoms with Crippen LogP contribution in [-0.2, 0) is 11.3 Å². The Morgan fingerprint density at radius 3 is 2.65 bits per heavy atom. The Labute approximate surface area is 119 Å². The molecule has 2 aliphatic rings. The van der Waals surface area contributed by atoms with E-state index in [1.165, 1.54) is 6.42 Å². The molecule has 4 nitrogen and oxygen atoms in total. The van der Waals surface area contributed by atoms with Crippen molar-refractivity contribution in [3.8, 4) is 11.5 Å². The third-order valence-corrected chi connectivity index (χ3v) is 4.13. The molecular weight excluding hydrogens is 254 g/mol. The number of carbonyl (C=O) groups is 1. The molecule has 4 heteroatoms. The van der Waals surface area contributed by atoms with Gasteiger partial charge in [0.2, 0.25) is 5.91 Å². The Morgan fingerprint density at radius 2 is 2.00 bits per heavy atom. The molecule has 0 atom stereocenters. The number of ether oxygens (including phenoxy) is 2. The highest BCUT2D eigenvalue weighted by molar-refractivity contribution is 5.79. The molecule has 0 bridgehead atoms. The number of rotatable bonds is 4. The second-order valence-corrected chi connectivity index (χ2v) is 5.46. The summed E-state index contributed by atoms with van der Waals surface area (Å²) in [4.78, 5) is 14.3. The van der Waals surface area contributed by atoms with Crippen LogP contribution in [0.15, 0.2) is 18.2 Å². The van der Waals surface area contributed by atoms with Gasteiger partial charge in [-0.05, 0) is 37.5 Å². The van der Waals surface area contributed by atoms with Gasteiger partial charge in [0.25, 0.3) is 0 Å². The zero-order chi connectivity index (χ0) is 13.9. The molecule has 0 spiro atoms. The first-order valence-corrected chi connectivity index (χ1v) is 7.45. The summed E-state index contributed by atoms with van der Waals surface area (Å²) in [5.74, 6) is 2.15. The summed E-state index contributed by atoms with van der Waals surface area (Å²) in [7, 11) is 0. The molecule has 1 aromatic rings. The number of carbonyl (C=O) groups excluding carboxylic acids is 1. The summed E-state index contributed by atoms with van der Waals surface area (Å²) >= 11 is 0. The molecule has 1 fully saturated rings. The molecule has 3 rings (SSSR count). The van der Waals surface area contributed by atoms with Crippen LogP contribution < -0.4 is 9.47 Å². The van der Waals surface area contributed by atoms with Gasteiger partial charge in [-0.2, -0.15) is 0 Å². The van der Waals surface area contributed by atoms with Gasteiger partial charge in [0.15, 0.2) is 11.5 Å². The van der Waals surface area contributed by atoms with Crippen molar-refractivity contribution in [3.05, 3.63) is 23.8 Å². The first kappa shape index (κ1) is 13.3. The van der Waals surface area contributed by atoms with Crippen molar-refractivity contribution in [3.63, 3.8) is 0 Å². The second-order valence-electron chi connectivity index (χ2n) is 5.46. The molecular formula is C16H21NO3. The Morgan fingerprint density at radius 1 is 1.25 bits per heavy atom. The van der Waals surface area contributed by atoms with Crippen LogP contribution in [0.4, 0.5) is 0 Å². The van der Waals surface area contributed by atoms with E-state index in [1.807, 2.05) is 30.0 Å². The van der Waals surface area contributed by atoms with Crippen LogP contribution in [-0.4, -0.2) is 30.6 Å². The molecule has 0 radical (unpaired) electrons. The van der Waals surface area contributed by atoms with Crippen LogP contribution in [0, 0.1) is 5.92 Å². The number of hydrogen-bond acceptors (Lipinski definition) is 3. The van der Waals surface area contributed by atoms with E-state index in [1.54, 1.807) is 0 Å². The second kappa shape index (κ2) is 5.73. The van der Waals surface area contributed by atoms with Gasteiger partial charge in [0, 0.05) is 19.0 Å². The van der Waals surface area contributed by atoms with Crippen molar-refractivity contribution >= 4 is 5.91 Å². The van der Waals surface area contributed by atoms with Gasteiger partial charge >= 0.3 is 0 Å². The van der Waals surface area contributed by atoms with Crippen LogP contribution in [0.25, 0.3) is 0 Å². The third kappa shape index (κ3) is 2.60. The standard InChI is InChI=1S/C16H21NO3/c1-2-17(16(18)13-4-3-5-13)11-12-6-7-14-15(10-12)20-9-8-19-14/h6-7,10,13H,2-5,8-9,11H2,1H3. The highest BCUT2D eigenvalue weighted by atomic mass is 16.6. The molecule has 1 aliphatic heterocycles. The summed E-state index contributed by atoms with van der Waals surface area (Å²) in [6.07, 6.45) is 3.30. The highest BCUT2D eigenvalue weighted by Crippen LogP contribution is 2.32. The molecule has 1 amide bonds. The average molecular weight is 275 g/mol. The number of amides is 1. The highest BCUT2D eigenvalue weighted by Gasteiger charge is 2.28. The molecule has 0 unspecified atom stereocenters. The largest absolute Gasteiger partial charge is 0.486 e. The van der Waals surface area contributed by atoms with Gasteiger partial charge in [-0.3, -0.25) is 4.79 Å². The van der Waals surface area contributed by atoms with E-state index in [9.17, 15) is 4.79 Å². The minimum absolute atomic E-state index is 0.257. The zero-order valence-corrected chi connectivity index (χ0v) is 11.9. The van der Waals surface area contributed by atoms with Crippen LogP contribution in [0.3, 0.4) is 0 Å². The fourth-order valence-corrected chi connectivity index (χ4v) is 2.67. The quantitative estimate of drug-likeness (QED) is 0.848. The number of fused-ring (bicyclic) bond motifs is 1.